The molecular formula is C21H30N4O2. The predicted octanol–water partition coefficient (Wildman–Crippen LogP) is 2.47. The SMILES string of the molecule is CC(CCc1ccccc1)NC(=NCC(=O)N(C)C)NCCc1ccco1. The summed E-state index contributed by atoms with van der Waals surface area (Å²) < 4.78 is 5.35. The molecule has 0 radical (unpaired) electrons. The van der Waals surface area contributed by atoms with Crippen LogP contribution in [0.1, 0.15) is 24.7 Å². The Morgan fingerprint density at radius 3 is 2.59 bits per heavy atom. The highest BCUT2D eigenvalue weighted by Gasteiger charge is 2.09. The fraction of sp³-hybridized carbons (Fsp3) is 0.429. The minimum Gasteiger partial charge on any atom is -0.469 e. The summed E-state index contributed by atoms with van der Waals surface area (Å²) in [7, 11) is 3.47. The molecule has 6 heteroatoms. The van der Waals surface area contributed by atoms with Crippen molar-refractivity contribution in [2.75, 3.05) is 27.2 Å². The number of carbonyl (C=O) groups is 1. The first-order chi connectivity index (χ1) is 13.0. The average molecular weight is 370 g/mol. The van der Waals surface area contributed by atoms with E-state index in [9.17, 15) is 4.79 Å². The lowest BCUT2D eigenvalue weighted by Crippen LogP contribution is -2.43. The number of hydrogen-bond acceptors (Lipinski definition) is 3. The third-order valence-corrected chi connectivity index (χ3v) is 4.21. The second kappa shape index (κ2) is 11.1. The molecule has 0 bridgehead atoms. The molecule has 0 aliphatic heterocycles. The Morgan fingerprint density at radius 1 is 1.15 bits per heavy atom. The first kappa shape index (κ1) is 20.6. The van der Waals surface area contributed by atoms with E-state index in [1.54, 1.807) is 25.3 Å². The Hall–Kier alpha value is -2.76. The summed E-state index contributed by atoms with van der Waals surface area (Å²) in [5.41, 5.74) is 1.32. The van der Waals surface area contributed by atoms with Crippen molar-refractivity contribution in [2.45, 2.75) is 32.2 Å². The molecule has 6 nitrogen and oxygen atoms in total. The zero-order valence-corrected chi connectivity index (χ0v) is 16.4. The van der Waals surface area contributed by atoms with E-state index in [4.69, 9.17) is 4.42 Å². The summed E-state index contributed by atoms with van der Waals surface area (Å²) in [4.78, 5) is 17.8. The molecule has 2 N–H and O–H groups in total. The minimum absolute atomic E-state index is 0.0286. The summed E-state index contributed by atoms with van der Waals surface area (Å²) in [5.74, 6) is 1.54. The van der Waals surface area contributed by atoms with E-state index < -0.39 is 0 Å². The van der Waals surface area contributed by atoms with Crippen LogP contribution in [0.4, 0.5) is 0 Å². The van der Waals surface area contributed by atoms with Crippen molar-refractivity contribution in [2.24, 2.45) is 4.99 Å². The second-order valence-electron chi connectivity index (χ2n) is 6.78. The maximum Gasteiger partial charge on any atom is 0.243 e. The van der Waals surface area contributed by atoms with Crippen molar-refractivity contribution in [3.05, 3.63) is 60.1 Å². The Kier molecular flexibility index (Phi) is 8.42. The van der Waals surface area contributed by atoms with Crippen LogP contribution in [0, 0.1) is 0 Å². The molecule has 0 aliphatic rings. The Labute approximate surface area is 161 Å². The van der Waals surface area contributed by atoms with E-state index in [0.717, 1.165) is 25.0 Å². The van der Waals surface area contributed by atoms with Gasteiger partial charge < -0.3 is 20.0 Å². The summed E-state index contributed by atoms with van der Waals surface area (Å²) in [6, 6.07) is 14.5. The quantitative estimate of drug-likeness (QED) is 0.525. The van der Waals surface area contributed by atoms with E-state index in [1.807, 2.05) is 18.2 Å². The van der Waals surface area contributed by atoms with Crippen LogP contribution in [-0.4, -0.2) is 50.0 Å². The number of guanidine groups is 1. The number of rotatable bonds is 9. The van der Waals surface area contributed by atoms with Gasteiger partial charge in [0.1, 0.15) is 12.3 Å². The summed E-state index contributed by atoms with van der Waals surface area (Å²) >= 11 is 0. The number of aryl methyl sites for hydroxylation is 1. The molecule has 2 aromatic rings. The van der Waals surface area contributed by atoms with Crippen molar-refractivity contribution in [1.82, 2.24) is 15.5 Å². The van der Waals surface area contributed by atoms with Crippen LogP contribution >= 0.6 is 0 Å². The van der Waals surface area contributed by atoms with Crippen LogP contribution in [0.25, 0.3) is 0 Å². The molecule has 0 saturated carbocycles. The van der Waals surface area contributed by atoms with Crippen molar-refractivity contribution in [3.8, 4) is 0 Å². The number of furan rings is 1. The molecule has 0 saturated heterocycles. The van der Waals surface area contributed by atoms with Crippen LogP contribution < -0.4 is 10.6 Å². The molecule has 1 heterocycles. The van der Waals surface area contributed by atoms with Crippen LogP contribution in [0.3, 0.4) is 0 Å². The van der Waals surface area contributed by atoms with E-state index >= 15 is 0 Å². The Morgan fingerprint density at radius 2 is 1.93 bits per heavy atom. The van der Waals surface area contributed by atoms with Gasteiger partial charge in [0.25, 0.3) is 0 Å². The molecule has 0 spiro atoms. The van der Waals surface area contributed by atoms with E-state index in [2.05, 4.69) is 46.8 Å². The molecule has 0 fully saturated rings. The standard InChI is InChI=1S/C21H30N4O2/c1-17(11-12-18-8-5-4-6-9-18)24-21(23-16-20(26)25(2)3)22-14-13-19-10-7-15-27-19/h4-10,15,17H,11-14,16H2,1-3H3,(H2,22,23,24). The molecule has 27 heavy (non-hydrogen) atoms. The van der Waals surface area contributed by atoms with Crippen molar-refractivity contribution < 1.29 is 9.21 Å². The molecule has 1 aromatic heterocycles. The van der Waals surface area contributed by atoms with Crippen LogP contribution in [-0.2, 0) is 17.6 Å². The van der Waals surface area contributed by atoms with E-state index in [0.29, 0.717) is 12.5 Å². The van der Waals surface area contributed by atoms with Gasteiger partial charge in [-0.1, -0.05) is 30.3 Å². The van der Waals surface area contributed by atoms with Gasteiger partial charge in [-0.05, 0) is 37.5 Å². The molecular weight excluding hydrogens is 340 g/mol. The molecule has 2 rings (SSSR count). The summed E-state index contributed by atoms with van der Waals surface area (Å²) in [5, 5.41) is 6.69. The second-order valence-corrected chi connectivity index (χ2v) is 6.78. The topological polar surface area (TPSA) is 69.9 Å². The first-order valence-electron chi connectivity index (χ1n) is 9.36. The lowest BCUT2D eigenvalue weighted by atomic mass is 10.1. The minimum atomic E-state index is -0.0286. The van der Waals surface area contributed by atoms with Gasteiger partial charge in [0, 0.05) is 33.1 Å². The monoisotopic (exact) mass is 370 g/mol. The zero-order chi connectivity index (χ0) is 19.5. The van der Waals surface area contributed by atoms with Gasteiger partial charge in [0.2, 0.25) is 5.91 Å². The number of nitrogens with zero attached hydrogens (tertiary/aromatic N) is 2. The number of nitrogens with one attached hydrogen (secondary N) is 2. The highest BCUT2D eigenvalue weighted by Crippen LogP contribution is 2.05. The highest BCUT2D eigenvalue weighted by molar-refractivity contribution is 5.84. The van der Waals surface area contributed by atoms with Gasteiger partial charge in [0.05, 0.1) is 6.26 Å². The highest BCUT2D eigenvalue weighted by atomic mass is 16.3. The van der Waals surface area contributed by atoms with E-state index in [1.165, 1.54) is 5.56 Å². The number of amides is 1. The largest absolute Gasteiger partial charge is 0.469 e. The lowest BCUT2D eigenvalue weighted by Gasteiger charge is -2.18. The third kappa shape index (κ3) is 7.98. The third-order valence-electron chi connectivity index (χ3n) is 4.21. The lowest BCUT2D eigenvalue weighted by molar-refractivity contribution is -0.127. The number of benzene rings is 1. The number of carbonyl (C=O) groups excluding carboxylic acids is 1. The summed E-state index contributed by atoms with van der Waals surface area (Å²) in [6.07, 6.45) is 4.40. The van der Waals surface area contributed by atoms with E-state index in [-0.39, 0.29) is 18.5 Å². The molecule has 146 valence electrons. The van der Waals surface area contributed by atoms with Gasteiger partial charge in [-0.15, -0.1) is 0 Å². The van der Waals surface area contributed by atoms with Gasteiger partial charge in [-0.25, -0.2) is 4.99 Å². The number of hydrogen-bond donors (Lipinski definition) is 2. The van der Waals surface area contributed by atoms with Crippen molar-refractivity contribution in [1.29, 1.82) is 0 Å². The molecule has 0 aliphatic carbocycles. The average Bonchev–Trinajstić information content (AvgIpc) is 3.18. The smallest absolute Gasteiger partial charge is 0.243 e. The van der Waals surface area contributed by atoms with Gasteiger partial charge >= 0.3 is 0 Å². The molecule has 1 atom stereocenters. The van der Waals surface area contributed by atoms with Crippen molar-refractivity contribution >= 4 is 11.9 Å². The molecule has 1 amide bonds. The normalized spacial score (nSPS) is 12.5. The number of aliphatic imine (C=N–C) groups is 1. The van der Waals surface area contributed by atoms with Crippen LogP contribution in [0.15, 0.2) is 58.1 Å². The zero-order valence-electron chi connectivity index (χ0n) is 16.4. The van der Waals surface area contributed by atoms with Crippen LogP contribution in [0.2, 0.25) is 0 Å². The molecule has 1 aromatic carbocycles. The fourth-order valence-electron chi connectivity index (χ4n) is 2.53. The Balaban J connectivity index is 1.86. The van der Waals surface area contributed by atoms with Gasteiger partial charge in [0.15, 0.2) is 5.96 Å². The maximum absolute atomic E-state index is 11.9. The van der Waals surface area contributed by atoms with Gasteiger partial charge in [-0.3, -0.25) is 4.79 Å². The Bertz CT molecular complexity index is 696. The predicted molar refractivity (Wildman–Crippen MR) is 109 cm³/mol. The molecule has 1 unspecified atom stereocenters. The van der Waals surface area contributed by atoms with Crippen LogP contribution in [0.5, 0.6) is 0 Å². The fourth-order valence-corrected chi connectivity index (χ4v) is 2.53. The van der Waals surface area contributed by atoms with Crippen molar-refractivity contribution in [3.63, 3.8) is 0 Å². The van der Waals surface area contributed by atoms with Gasteiger partial charge in [-0.2, -0.15) is 0 Å². The number of likely N-dealkylation sites (N-methyl/N-ethyl adjacent to an activating group) is 1. The summed E-state index contributed by atoms with van der Waals surface area (Å²) in [6.45, 7) is 2.93. The first-order valence-corrected chi connectivity index (χ1v) is 9.36. The maximum atomic E-state index is 11.9.